The van der Waals surface area contributed by atoms with Crippen molar-refractivity contribution < 1.29 is 27.5 Å². The SMILES string of the molecule is CCCCC(CN)NS(=O)(=O)c1cc(C(=O)OC)cc(C(=O)OC)c1. The van der Waals surface area contributed by atoms with E-state index in [4.69, 9.17) is 5.73 Å². The van der Waals surface area contributed by atoms with E-state index in [0.29, 0.717) is 6.42 Å². The number of hydrogen-bond acceptors (Lipinski definition) is 7. The molecular weight excluding hydrogens is 348 g/mol. The van der Waals surface area contributed by atoms with Crippen molar-refractivity contribution in [3.8, 4) is 0 Å². The molecule has 0 saturated heterocycles. The van der Waals surface area contributed by atoms with Gasteiger partial charge >= 0.3 is 11.9 Å². The van der Waals surface area contributed by atoms with Crippen LogP contribution in [0.15, 0.2) is 23.1 Å². The molecule has 25 heavy (non-hydrogen) atoms. The maximum Gasteiger partial charge on any atom is 0.337 e. The van der Waals surface area contributed by atoms with E-state index in [0.717, 1.165) is 39.2 Å². The van der Waals surface area contributed by atoms with Crippen LogP contribution in [0, 0.1) is 0 Å². The third kappa shape index (κ3) is 5.80. The van der Waals surface area contributed by atoms with Crippen LogP contribution in [0.2, 0.25) is 0 Å². The Morgan fingerprint density at radius 1 is 1.12 bits per heavy atom. The monoisotopic (exact) mass is 372 g/mol. The molecule has 1 rings (SSSR count). The average Bonchev–Trinajstić information content (AvgIpc) is 2.63. The number of methoxy groups -OCH3 is 2. The van der Waals surface area contributed by atoms with Crippen LogP contribution in [0.25, 0.3) is 0 Å². The molecule has 0 aliphatic rings. The number of rotatable bonds is 9. The van der Waals surface area contributed by atoms with Crippen molar-refractivity contribution in [1.82, 2.24) is 4.72 Å². The minimum Gasteiger partial charge on any atom is -0.465 e. The van der Waals surface area contributed by atoms with Gasteiger partial charge in [-0.2, -0.15) is 0 Å². The molecule has 140 valence electrons. The first-order valence-corrected chi connectivity index (χ1v) is 9.31. The van der Waals surface area contributed by atoms with Gasteiger partial charge in [-0.3, -0.25) is 0 Å². The molecule has 0 radical (unpaired) electrons. The van der Waals surface area contributed by atoms with Crippen LogP contribution < -0.4 is 10.5 Å². The van der Waals surface area contributed by atoms with E-state index < -0.39 is 28.0 Å². The number of nitrogens with one attached hydrogen (secondary N) is 1. The molecule has 1 aromatic carbocycles. The Kier molecular flexibility index (Phi) is 8.01. The minimum atomic E-state index is -3.98. The highest BCUT2D eigenvalue weighted by molar-refractivity contribution is 7.89. The third-order valence-corrected chi connectivity index (χ3v) is 5.07. The van der Waals surface area contributed by atoms with Gasteiger partial charge in [-0.05, 0) is 24.6 Å². The highest BCUT2D eigenvalue weighted by Gasteiger charge is 2.23. The van der Waals surface area contributed by atoms with Gasteiger partial charge in [-0.15, -0.1) is 0 Å². The fourth-order valence-corrected chi connectivity index (χ4v) is 3.54. The number of ether oxygens (including phenoxy) is 2. The van der Waals surface area contributed by atoms with Crippen LogP contribution in [0.3, 0.4) is 0 Å². The van der Waals surface area contributed by atoms with E-state index in [2.05, 4.69) is 14.2 Å². The zero-order chi connectivity index (χ0) is 19.0. The number of nitrogens with two attached hydrogens (primary N) is 1. The Bertz CT molecular complexity index is 683. The zero-order valence-corrected chi connectivity index (χ0v) is 15.4. The molecular formula is C16H24N2O6S. The Balaban J connectivity index is 3.28. The lowest BCUT2D eigenvalue weighted by Crippen LogP contribution is -2.40. The van der Waals surface area contributed by atoms with E-state index in [1.54, 1.807) is 0 Å². The number of carbonyl (C=O) groups is 2. The summed E-state index contributed by atoms with van der Waals surface area (Å²) in [4.78, 5) is 23.3. The number of benzene rings is 1. The van der Waals surface area contributed by atoms with Gasteiger partial charge in [0.2, 0.25) is 10.0 Å². The summed E-state index contributed by atoms with van der Waals surface area (Å²) in [6.07, 6.45) is 2.31. The van der Waals surface area contributed by atoms with Crippen LogP contribution in [0.4, 0.5) is 0 Å². The van der Waals surface area contributed by atoms with Crippen LogP contribution in [0.5, 0.6) is 0 Å². The molecule has 0 heterocycles. The van der Waals surface area contributed by atoms with Crippen molar-refractivity contribution in [1.29, 1.82) is 0 Å². The molecule has 0 aromatic heterocycles. The highest BCUT2D eigenvalue weighted by Crippen LogP contribution is 2.18. The Labute approximate surface area is 147 Å². The quantitative estimate of drug-likeness (QED) is 0.621. The summed E-state index contributed by atoms with van der Waals surface area (Å²) in [6, 6.07) is 3.07. The molecule has 9 heteroatoms. The largest absolute Gasteiger partial charge is 0.465 e. The molecule has 0 aliphatic heterocycles. The molecule has 0 fully saturated rings. The van der Waals surface area contributed by atoms with E-state index in [1.807, 2.05) is 6.92 Å². The van der Waals surface area contributed by atoms with Gasteiger partial charge in [0.15, 0.2) is 0 Å². The van der Waals surface area contributed by atoms with Crippen LogP contribution in [-0.4, -0.2) is 47.2 Å². The van der Waals surface area contributed by atoms with Crippen molar-refractivity contribution in [2.45, 2.75) is 37.1 Å². The molecule has 0 amide bonds. The lowest BCUT2D eigenvalue weighted by molar-refractivity contribution is 0.0598. The van der Waals surface area contributed by atoms with Gasteiger partial charge in [-0.1, -0.05) is 19.8 Å². The van der Waals surface area contributed by atoms with E-state index >= 15 is 0 Å². The predicted molar refractivity (Wildman–Crippen MR) is 91.8 cm³/mol. The van der Waals surface area contributed by atoms with Crippen molar-refractivity contribution in [2.75, 3.05) is 20.8 Å². The molecule has 8 nitrogen and oxygen atoms in total. The van der Waals surface area contributed by atoms with E-state index in [9.17, 15) is 18.0 Å². The Morgan fingerprint density at radius 3 is 2.04 bits per heavy atom. The first kappa shape index (κ1) is 21.1. The molecule has 1 unspecified atom stereocenters. The maximum atomic E-state index is 12.6. The number of carbonyl (C=O) groups excluding carboxylic acids is 2. The van der Waals surface area contributed by atoms with Gasteiger partial charge < -0.3 is 15.2 Å². The van der Waals surface area contributed by atoms with E-state index in [-0.39, 0.29) is 22.6 Å². The van der Waals surface area contributed by atoms with Crippen LogP contribution in [0.1, 0.15) is 46.9 Å². The van der Waals surface area contributed by atoms with E-state index in [1.165, 1.54) is 6.07 Å². The van der Waals surface area contributed by atoms with Crippen molar-refractivity contribution in [2.24, 2.45) is 5.73 Å². The number of hydrogen-bond donors (Lipinski definition) is 2. The smallest absolute Gasteiger partial charge is 0.337 e. The van der Waals surface area contributed by atoms with Crippen molar-refractivity contribution in [3.63, 3.8) is 0 Å². The number of esters is 2. The van der Waals surface area contributed by atoms with Crippen LogP contribution >= 0.6 is 0 Å². The standard InChI is InChI=1S/C16H24N2O6S/c1-4-5-6-13(10-17)18-25(21,22)14-8-11(15(19)23-2)7-12(9-14)16(20)24-3/h7-9,13,18H,4-6,10,17H2,1-3H3. The molecule has 0 saturated carbocycles. The van der Waals surface area contributed by atoms with Gasteiger partial charge in [0.25, 0.3) is 0 Å². The van der Waals surface area contributed by atoms with Gasteiger partial charge in [-0.25, -0.2) is 22.7 Å². The highest BCUT2D eigenvalue weighted by atomic mass is 32.2. The molecule has 1 atom stereocenters. The van der Waals surface area contributed by atoms with Gasteiger partial charge in [0.1, 0.15) is 0 Å². The summed E-state index contributed by atoms with van der Waals surface area (Å²) in [5.41, 5.74) is 5.49. The van der Waals surface area contributed by atoms with Gasteiger partial charge in [0.05, 0.1) is 30.2 Å². The topological polar surface area (TPSA) is 125 Å². The molecule has 0 aliphatic carbocycles. The molecule has 1 aromatic rings. The Hall–Kier alpha value is -1.97. The third-order valence-electron chi connectivity index (χ3n) is 3.57. The first-order chi connectivity index (χ1) is 11.8. The first-order valence-electron chi connectivity index (χ1n) is 7.83. The number of sulfonamides is 1. The summed E-state index contributed by atoms with van der Waals surface area (Å²) >= 11 is 0. The van der Waals surface area contributed by atoms with Crippen molar-refractivity contribution >= 4 is 22.0 Å². The fraction of sp³-hybridized carbons (Fsp3) is 0.500. The summed E-state index contributed by atoms with van der Waals surface area (Å²) in [5.74, 6) is -1.52. The van der Waals surface area contributed by atoms with Crippen LogP contribution in [-0.2, 0) is 19.5 Å². The lowest BCUT2D eigenvalue weighted by Gasteiger charge is -2.17. The second-order valence-corrected chi connectivity index (χ2v) is 7.14. The normalized spacial score (nSPS) is 12.5. The molecule has 0 bridgehead atoms. The summed E-state index contributed by atoms with van der Waals surface area (Å²) in [7, 11) is -1.65. The van der Waals surface area contributed by atoms with Crippen molar-refractivity contribution in [3.05, 3.63) is 29.3 Å². The Morgan fingerprint density at radius 2 is 1.64 bits per heavy atom. The maximum absolute atomic E-state index is 12.6. The fourth-order valence-electron chi connectivity index (χ4n) is 2.19. The molecule has 0 spiro atoms. The minimum absolute atomic E-state index is 0.0661. The summed E-state index contributed by atoms with van der Waals surface area (Å²) in [6.45, 7) is 2.13. The average molecular weight is 372 g/mol. The summed E-state index contributed by atoms with van der Waals surface area (Å²) in [5, 5.41) is 0. The number of unbranched alkanes of at least 4 members (excludes halogenated alkanes) is 1. The predicted octanol–water partition coefficient (Wildman–Crippen LogP) is 1.06. The second-order valence-electron chi connectivity index (χ2n) is 5.43. The molecule has 3 N–H and O–H groups in total. The lowest BCUT2D eigenvalue weighted by atomic mass is 10.1. The zero-order valence-electron chi connectivity index (χ0n) is 14.6. The van der Waals surface area contributed by atoms with Gasteiger partial charge in [0, 0.05) is 12.6 Å². The summed E-state index contributed by atoms with van der Waals surface area (Å²) < 4.78 is 36.9. The second kappa shape index (κ2) is 9.50.